The van der Waals surface area contributed by atoms with E-state index < -0.39 is 11.9 Å². The topological polar surface area (TPSA) is 160 Å². The van der Waals surface area contributed by atoms with Crippen LogP contribution in [0.2, 0.25) is 0 Å². The molecule has 5 saturated heterocycles. The predicted molar refractivity (Wildman–Crippen MR) is 259 cm³/mol. The molecule has 6 aliphatic heterocycles. The van der Waals surface area contributed by atoms with E-state index in [1.807, 2.05) is 24.3 Å². The number of piperazine rings is 2. The molecule has 6 fully saturated rings. The molecular formula is C53H57FN10O5. The molecule has 3 N–H and O–H groups in total. The summed E-state index contributed by atoms with van der Waals surface area (Å²) in [7, 11) is 0. The summed E-state index contributed by atoms with van der Waals surface area (Å²) in [5, 5.41) is 18.7. The average molecular weight is 933 g/mol. The zero-order valence-corrected chi connectivity index (χ0v) is 38.8. The van der Waals surface area contributed by atoms with Crippen molar-refractivity contribution in [1.82, 2.24) is 40.3 Å². The maximum absolute atomic E-state index is 17.1. The fourth-order valence-electron chi connectivity index (χ4n) is 12.1. The molecule has 8 heterocycles. The molecular weight excluding hydrogens is 876 g/mol. The molecule has 1 saturated carbocycles. The molecule has 0 radical (unpaired) electrons. The summed E-state index contributed by atoms with van der Waals surface area (Å²) >= 11 is 0. The van der Waals surface area contributed by atoms with Gasteiger partial charge in [-0.3, -0.25) is 29.6 Å². The van der Waals surface area contributed by atoms with Crippen molar-refractivity contribution < 1.29 is 28.6 Å². The van der Waals surface area contributed by atoms with Crippen LogP contribution in [-0.2, 0) is 16.1 Å². The summed E-state index contributed by atoms with van der Waals surface area (Å²) in [4.78, 5) is 63.3. The number of carbonyl (C=O) groups is 3. The zero-order valence-electron chi connectivity index (χ0n) is 38.8. The van der Waals surface area contributed by atoms with Crippen LogP contribution in [-0.4, -0.2) is 143 Å². The summed E-state index contributed by atoms with van der Waals surface area (Å²) in [6.07, 6.45) is 14.8. The Bertz CT molecular complexity index is 2930. The number of aromatic nitrogens is 3. The van der Waals surface area contributed by atoms with E-state index in [-0.39, 0.29) is 52.5 Å². The lowest BCUT2D eigenvalue weighted by atomic mass is 9.94. The van der Waals surface area contributed by atoms with E-state index in [0.29, 0.717) is 76.2 Å². The van der Waals surface area contributed by atoms with Crippen LogP contribution in [0, 0.1) is 29.5 Å². The molecule has 3 atom stereocenters. The number of pyridine rings is 1. The van der Waals surface area contributed by atoms with E-state index in [1.165, 1.54) is 6.07 Å². The van der Waals surface area contributed by atoms with Crippen LogP contribution in [0.15, 0.2) is 54.7 Å². The molecule has 2 bridgehead atoms. The number of fused-ring (bicyclic) bond motifs is 5. The lowest BCUT2D eigenvalue weighted by Crippen LogP contribution is -2.52. The number of rotatable bonds is 11. The number of ether oxygens (including phenoxy) is 1. The molecule has 0 spiro atoms. The Kier molecular flexibility index (Phi) is 11.1. The standard InChI is InChI=1S/C53H57FN10O5/c1-2-33-4-3-5-34-23-39(65)24-41(45(33)34)47-46(54)48-42(25-55-47)49(63-28-36-6-7-37(29-63)56-36)59-52(58-48)69-31-53(14-15-53)30-61-16-12-32(13-17-61)26-60-18-20-62(21-19-60)38-8-9-40-35(22-38)27-64(51(40)68)43-10-11-44(66)57-50(43)67/h1,3-5,8-9,22-25,32,36-37,43,56,65H,6-7,10-21,26-31H2,(H,57,66,67)/t36?,37?,43-/m0/s1. The van der Waals surface area contributed by atoms with Gasteiger partial charge < -0.3 is 34.8 Å². The lowest BCUT2D eigenvalue weighted by Gasteiger charge is -2.40. The van der Waals surface area contributed by atoms with Crippen molar-refractivity contribution in [3.8, 4) is 35.4 Å². The molecule has 1 aliphatic carbocycles. The van der Waals surface area contributed by atoms with Crippen molar-refractivity contribution in [1.29, 1.82) is 0 Å². The second-order valence-corrected chi connectivity index (χ2v) is 20.6. The van der Waals surface area contributed by atoms with Crippen molar-refractivity contribution in [2.24, 2.45) is 11.3 Å². The van der Waals surface area contributed by atoms with E-state index in [9.17, 15) is 19.5 Å². The quantitative estimate of drug-likeness (QED) is 0.119. The van der Waals surface area contributed by atoms with Crippen LogP contribution in [0.1, 0.15) is 72.9 Å². The highest BCUT2D eigenvalue weighted by atomic mass is 19.1. The minimum atomic E-state index is -0.610. The number of amides is 3. The van der Waals surface area contributed by atoms with E-state index in [1.54, 1.807) is 23.2 Å². The molecule has 3 aromatic carbocycles. The zero-order chi connectivity index (χ0) is 47.0. The van der Waals surface area contributed by atoms with Gasteiger partial charge in [-0.25, -0.2) is 4.39 Å². The Labute approximate surface area is 400 Å². The van der Waals surface area contributed by atoms with Crippen molar-refractivity contribution in [3.05, 3.63) is 77.2 Å². The van der Waals surface area contributed by atoms with Crippen LogP contribution in [0.25, 0.3) is 32.9 Å². The smallest absolute Gasteiger partial charge is 0.319 e. The SMILES string of the molecule is C#Cc1cccc2cc(O)cc(-c3ncc4c(N5CC6CCC(C5)N6)nc(OCC5(CN6CCC(CN7CCN(c8ccc9c(c8)CN([C@H]8CCC(=O)NC8=O)C9=O)CC7)CC6)CC5)nc4c3F)c12. The first-order chi connectivity index (χ1) is 33.6. The Hall–Kier alpha value is -6.41. The summed E-state index contributed by atoms with van der Waals surface area (Å²) in [6, 6.07) is 14.9. The summed E-state index contributed by atoms with van der Waals surface area (Å²) < 4.78 is 23.7. The Balaban J connectivity index is 0.678. The number of likely N-dealkylation sites (tertiary alicyclic amines) is 1. The number of benzene rings is 3. The molecule has 356 valence electrons. The summed E-state index contributed by atoms with van der Waals surface area (Å²) in [6.45, 7) is 10.3. The first-order valence-electron chi connectivity index (χ1n) is 24.8. The monoisotopic (exact) mass is 932 g/mol. The van der Waals surface area contributed by atoms with Gasteiger partial charge in [0.2, 0.25) is 11.8 Å². The van der Waals surface area contributed by atoms with Gasteiger partial charge in [0.15, 0.2) is 5.82 Å². The molecule has 12 rings (SSSR count). The van der Waals surface area contributed by atoms with Crippen molar-refractivity contribution in [3.63, 3.8) is 0 Å². The summed E-state index contributed by atoms with van der Waals surface area (Å²) in [5.41, 5.74) is 3.86. The van der Waals surface area contributed by atoms with Gasteiger partial charge in [-0.05, 0) is 111 Å². The van der Waals surface area contributed by atoms with Gasteiger partial charge in [0.1, 0.15) is 28.8 Å². The number of hydrogen-bond acceptors (Lipinski definition) is 13. The highest BCUT2D eigenvalue weighted by Gasteiger charge is 2.46. The van der Waals surface area contributed by atoms with Crippen molar-refractivity contribution in [2.45, 2.75) is 76.0 Å². The Morgan fingerprint density at radius 1 is 0.884 bits per heavy atom. The number of terminal acetylenes is 1. The van der Waals surface area contributed by atoms with E-state index in [4.69, 9.17) is 21.1 Å². The average Bonchev–Trinajstić information content (AvgIpc) is 3.93. The second kappa shape index (κ2) is 17.5. The molecule has 7 aliphatic rings. The predicted octanol–water partition coefficient (Wildman–Crippen LogP) is 5.07. The number of nitrogens with zero attached hydrogens (tertiary/aromatic N) is 8. The number of piperidine rings is 2. The molecule has 3 amide bonds. The van der Waals surface area contributed by atoms with Gasteiger partial charge in [0.25, 0.3) is 5.91 Å². The number of nitrogens with one attached hydrogen (secondary N) is 2. The maximum atomic E-state index is 17.1. The number of imide groups is 1. The number of hydrogen-bond donors (Lipinski definition) is 3. The molecule has 69 heavy (non-hydrogen) atoms. The lowest BCUT2D eigenvalue weighted by molar-refractivity contribution is -0.136. The van der Waals surface area contributed by atoms with Crippen LogP contribution in [0.3, 0.4) is 0 Å². The van der Waals surface area contributed by atoms with Crippen LogP contribution < -0.4 is 25.2 Å². The Morgan fingerprint density at radius 2 is 1.68 bits per heavy atom. The minimum absolute atomic E-state index is 0.00206. The minimum Gasteiger partial charge on any atom is -0.508 e. The fourth-order valence-corrected chi connectivity index (χ4v) is 12.1. The first kappa shape index (κ1) is 43.8. The van der Waals surface area contributed by atoms with Crippen molar-refractivity contribution >= 4 is 50.9 Å². The number of carbonyl (C=O) groups excluding carboxylic acids is 3. The van der Waals surface area contributed by atoms with Crippen LogP contribution >= 0.6 is 0 Å². The van der Waals surface area contributed by atoms with Crippen molar-refractivity contribution in [2.75, 3.05) is 81.9 Å². The molecule has 5 aromatic rings. The van der Waals surface area contributed by atoms with Crippen LogP contribution in [0.5, 0.6) is 11.8 Å². The molecule has 2 aromatic heterocycles. The van der Waals surface area contributed by atoms with E-state index in [2.05, 4.69) is 47.2 Å². The van der Waals surface area contributed by atoms with Gasteiger partial charge >= 0.3 is 6.01 Å². The summed E-state index contributed by atoms with van der Waals surface area (Å²) in [5.74, 6) is 2.56. The van der Waals surface area contributed by atoms with Gasteiger partial charge in [-0.15, -0.1) is 6.42 Å². The normalized spacial score (nSPS) is 24.0. The molecule has 15 nitrogen and oxygen atoms in total. The third-order valence-corrected chi connectivity index (χ3v) is 16.0. The Morgan fingerprint density at radius 3 is 2.43 bits per heavy atom. The molecule has 16 heteroatoms. The number of halogens is 1. The number of phenolic OH excluding ortho intramolecular Hbond substituents is 1. The third-order valence-electron chi connectivity index (χ3n) is 16.0. The van der Waals surface area contributed by atoms with Crippen LogP contribution in [0.4, 0.5) is 15.9 Å². The maximum Gasteiger partial charge on any atom is 0.319 e. The van der Waals surface area contributed by atoms with Gasteiger partial charge in [0, 0.05) is 117 Å². The number of anilines is 2. The second-order valence-electron chi connectivity index (χ2n) is 20.6. The van der Waals surface area contributed by atoms with E-state index >= 15 is 4.39 Å². The van der Waals surface area contributed by atoms with Gasteiger partial charge in [0.05, 0.1) is 12.0 Å². The van der Waals surface area contributed by atoms with E-state index in [0.717, 1.165) is 115 Å². The number of phenols is 1. The third kappa shape index (κ3) is 8.38. The largest absolute Gasteiger partial charge is 0.508 e. The van der Waals surface area contributed by atoms with Gasteiger partial charge in [-0.1, -0.05) is 18.1 Å². The number of aromatic hydroxyl groups is 1. The highest BCUT2D eigenvalue weighted by Crippen LogP contribution is 2.47. The molecule has 2 unspecified atom stereocenters. The van der Waals surface area contributed by atoms with Gasteiger partial charge in [-0.2, -0.15) is 9.97 Å². The fraction of sp³-hybridized carbons (Fsp3) is 0.472. The highest BCUT2D eigenvalue weighted by molar-refractivity contribution is 6.06. The first-order valence-corrected chi connectivity index (χ1v) is 24.8.